The van der Waals surface area contributed by atoms with Gasteiger partial charge in [0.1, 0.15) is 11.3 Å². The third-order valence-corrected chi connectivity index (χ3v) is 5.32. The summed E-state index contributed by atoms with van der Waals surface area (Å²) in [6.45, 7) is 0. The SMILES string of the molecule is O=C(Nc1csc(-c2ccc(Cl)cc2)c1C(=O)O)c1cnc2ccccc2n1. The Labute approximate surface area is 168 Å². The Kier molecular flexibility index (Phi) is 4.77. The fourth-order valence-corrected chi connectivity index (χ4v) is 3.85. The summed E-state index contributed by atoms with van der Waals surface area (Å²) in [7, 11) is 0. The average Bonchev–Trinajstić information content (AvgIpc) is 3.12. The number of halogens is 1. The summed E-state index contributed by atoms with van der Waals surface area (Å²) < 4.78 is 0. The number of anilines is 1. The van der Waals surface area contributed by atoms with Gasteiger partial charge in [0.2, 0.25) is 0 Å². The molecule has 28 heavy (non-hydrogen) atoms. The first kappa shape index (κ1) is 18.1. The highest BCUT2D eigenvalue weighted by Gasteiger charge is 2.22. The lowest BCUT2D eigenvalue weighted by Gasteiger charge is -2.06. The minimum absolute atomic E-state index is 0.0226. The van der Waals surface area contributed by atoms with Gasteiger partial charge in [-0.1, -0.05) is 35.9 Å². The van der Waals surface area contributed by atoms with Crippen LogP contribution in [0.5, 0.6) is 0 Å². The van der Waals surface area contributed by atoms with Crippen molar-refractivity contribution in [2.24, 2.45) is 0 Å². The third-order valence-electron chi connectivity index (χ3n) is 4.04. The van der Waals surface area contributed by atoms with E-state index >= 15 is 0 Å². The van der Waals surface area contributed by atoms with Crippen LogP contribution >= 0.6 is 22.9 Å². The van der Waals surface area contributed by atoms with Gasteiger partial charge < -0.3 is 10.4 Å². The molecule has 0 aliphatic heterocycles. The van der Waals surface area contributed by atoms with Crippen LogP contribution in [0.15, 0.2) is 60.1 Å². The third kappa shape index (κ3) is 3.45. The Morgan fingerprint density at radius 2 is 1.75 bits per heavy atom. The highest BCUT2D eigenvalue weighted by molar-refractivity contribution is 7.14. The number of carboxylic acid groups (broad SMARTS) is 1. The van der Waals surface area contributed by atoms with E-state index in [4.69, 9.17) is 11.6 Å². The Bertz CT molecular complexity index is 1210. The smallest absolute Gasteiger partial charge is 0.339 e. The maximum Gasteiger partial charge on any atom is 0.339 e. The number of carbonyl (C=O) groups excluding carboxylic acids is 1. The Morgan fingerprint density at radius 1 is 1.04 bits per heavy atom. The van der Waals surface area contributed by atoms with Crippen LogP contribution in [-0.2, 0) is 0 Å². The topological polar surface area (TPSA) is 92.2 Å². The van der Waals surface area contributed by atoms with Crippen molar-refractivity contribution in [1.29, 1.82) is 0 Å². The van der Waals surface area contributed by atoms with Crippen LogP contribution in [0.2, 0.25) is 5.02 Å². The number of aromatic carboxylic acids is 1. The number of hydrogen-bond donors (Lipinski definition) is 2. The molecule has 0 fully saturated rings. The predicted octanol–water partition coefficient (Wildman–Crippen LogP) is 4.96. The minimum Gasteiger partial charge on any atom is -0.478 e. The van der Waals surface area contributed by atoms with Gasteiger partial charge in [-0.3, -0.25) is 9.78 Å². The molecule has 0 bridgehead atoms. The molecule has 8 heteroatoms. The molecular weight excluding hydrogens is 398 g/mol. The first-order valence-electron chi connectivity index (χ1n) is 8.17. The Hall–Kier alpha value is -3.29. The minimum atomic E-state index is -1.13. The van der Waals surface area contributed by atoms with Crippen LogP contribution in [0.1, 0.15) is 20.8 Å². The molecule has 2 aromatic heterocycles. The first-order valence-corrected chi connectivity index (χ1v) is 9.42. The summed E-state index contributed by atoms with van der Waals surface area (Å²) in [5, 5.41) is 14.5. The van der Waals surface area contributed by atoms with Crippen LogP contribution in [0.3, 0.4) is 0 Å². The quantitative estimate of drug-likeness (QED) is 0.496. The summed E-state index contributed by atoms with van der Waals surface area (Å²) in [5.74, 6) is -1.66. The second-order valence-electron chi connectivity index (χ2n) is 5.86. The average molecular weight is 410 g/mol. The van der Waals surface area contributed by atoms with Crippen LogP contribution in [0, 0.1) is 0 Å². The second kappa shape index (κ2) is 7.38. The van der Waals surface area contributed by atoms with E-state index in [9.17, 15) is 14.7 Å². The highest BCUT2D eigenvalue weighted by atomic mass is 35.5. The molecule has 0 saturated heterocycles. The fraction of sp³-hybridized carbons (Fsp3) is 0. The summed E-state index contributed by atoms with van der Waals surface area (Å²) >= 11 is 7.13. The molecule has 0 saturated carbocycles. The molecule has 0 atom stereocenters. The number of nitrogens with zero attached hydrogens (tertiary/aromatic N) is 2. The van der Waals surface area contributed by atoms with Crippen LogP contribution in [-0.4, -0.2) is 27.0 Å². The molecule has 0 spiro atoms. The zero-order valence-corrected chi connectivity index (χ0v) is 15.8. The second-order valence-corrected chi connectivity index (χ2v) is 7.18. The lowest BCUT2D eigenvalue weighted by atomic mass is 10.1. The molecule has 0 radical (unpaired) electrons. The molecule has 2 aromatic carbocycles. The number of nitrogens with one attached hydrogen (secondary N) is 1. The summed E-state index contributed by atoms with van der Waals surface area (Å²) in [4.78, 5) is 33.5. The van der Waals surface area contributed by atoms with E-state index in [-0.39, 0.29) is 16.9 Å². The highest BCUT2D eigenvalue weighted by Crippen LogP contribution is 2.36. The van der Waals surface area contributed by atoms with Crippen molar-refractivity contribution in [3.63, 3.8) is 0 Å². The molecular formula is C20H12ClN3O3S. The maximum atomic E-state index is 12.6. The van der Waals surface area contributed by atoms with Crippen molar-refractivity contribution >= 4 is 51.5 Å². The number of aromatic nitrogens is 2. The van der Waals surface area contributed by atoms with Crippen molar-refractivity contribution in [3.05, 3.63) is 76.4 Å². The van der Waals surface area contributed by atoms with E-state index in [0.717, 1.165) is 0 Å². The number of rotatable bonds is 4. The van der Waals surface area contributed by atoms with E-state index in [1.165, 1.54) is 17.5 Å². The summed E-state index contributed by atoms with van der Waals surface area (Å²) in [6, 6.07) is 14.0. The molecule has 2 heterocycles. The molecule has 138 valence electrons. The summed E-state index contributed by atoms with van der Waals surface area (Å²) in [6.07, 6.45) is 1.37. The normalized spacial score (nSPS) is 10.8. The largest absolute Gasteiger partial charge is 0.478 e. The number of para-hydroxylation sites is 2. The van der Waals surface area contributed by atoms with Gasteiger partial charge in [-0.05, 0) is 29.8 Å². The van der Waals surface area contributed by atoms with E-state index in [1.54, 1.807) is 47.8 Å². The van der Waals surface area contributed by atoms with E-state index < -0.39 is 11.9 Å². The number of amides is 1. The van der Waals surface area contributed by atoms with E-state index in [1.807, 2.05) is 6.07 Å². The predicted molar refractivity (Wildman–Crippen MR) is 109 cm³/mol. The maximum absolute atomic E-state index is 12.6. The first-order chi connectivity index (χ1) is 13.5. The Balaban J connectivity index is 1.68. The van der Waals surface area contributed by atoms with Crippen molar-refractivity contribution in [2.45, 2.75) is 0 Å². The number of hydrogen-bond acceptors (Lipinski definition) is 5. The standard InChI is InChI=1S/C20H12ClN3O3S/c21-12-7-5-11(6-8-12)18-17(20(26)27)16(10-28-18)24-19(25)15-9-22-13-3-1-2-4-14(13)23-15/h1-10H,(H,24,25)(H,26,27). The van der Waals surface area contributed by atoms with Gasteiger partial charge >= 0.3 is 5.97 Å². The molecule has 0 aliphatic rings. The van der Waals surface area contributed by atoms with Gasteiger partial charge in [-0.15, -0.1) is 11.3 Å². The lowest BCUT2D eigenvalue weighted by molar-refractivity contribution is 0.0699. The molecule has 6 nitrogen and oxygen atoms in total. The molecule has 2 N–H and O–H groups in total. The number of thiophene rings is 1. The molecule has 1 amide bonds. The monoisotopic (exact) mass is 409 g/mol. The van der Waals surface area contributed by atoms with E-state index in [2.05, 4.69) is 15.3 Å². The number of carboxylic acids is 1. The van der Waals surface area contributed by atoms with Crippen molar-refractivity contribution in [1.82, 2.24) is 9.97 Å². The van der Waals surface area contributed by atoms with Gasteiger partial charge in [0.15, 0.2) is 0 Å². The fourth-order valence-electron chi connectivity index (χ4n) is 2.73. The van der Waals surface area contributed by atoms with Gasteiger partial charge in [0, 0.05) is 10.4 Å². The van der Waals surface area contributed by atoms with Crippen LogP contribution in [0.25, 0.3) is 21.5 Å². The Morgan fingerprint density at radius 3 is 2.46 bits per heavy atom. The van der Waals surface area contributed by atoms with Gasteiger partial charge in [0.05, 0.1) is 27.8 Å². The zero-order chi connectivity index (χ0) is 19.7. The number of fused-ring (bicyclic) bond motifs is 1. The van der Waals surface area contributed by atoms with Gasteiger partial charge in [0.25, 0.3) is 5.91 Å². The number of benzene rings is 2. The zero-order valence-electron chi connectivity index (χ0n) is 14.2. The van der Waals surface area contributed by atoms with Gasteiger partial charge in [-0.25, -0.2) is 9.78 Å². The summed E-state index contributed by atoms with van der Waals surface area (Å²) in [5.41, 5.74) is 2.30. The lowest BCUT2D eigenvalue weighted by Crippen LogP contribution is -2.15. The molecule has 0 unspecified atom stereocenters. The molecule has 0 aliphatic carbocycles. The van der Waals surface area contributed by atoms with Gasteiger partial charge in [-0.2, -0.15) is 0 Å². The molecule has 4 aromatic rings. The van der Waals surface area contributed by atoms with E-state index in [0.29, 0.717) is 26.5 Å². The van der Waals surface area contributed by atoms with Crippen LogP contribution in [0.4, 0.5) is 5.69 Å². The number of carbonyl (C=O) groups is 2. The van der Waals surface area contributed by atoms with Crippen molar-refractivity contribution in [3.8, 4) is 10.4 Å². The van der Waals surface area contributed by atoms with Crippen molar-refractivity contribution in [2.75, 3.05) is 5.32 Å². The van der Waals surface area contributed by atoms with Crippen molar-refractivity contribution < 1.29 is 14.7 Å². The molecule has 4 rings (SSSR count). The van der Waals surface area contributed by atoms with Crippen LogP contribution < -0.4 is 5.32 Å².